The second-order valence-electron chi connectivity index (χ2n) is 4.98. The van der Waals surface area contributed by atoms with E-state index in [-0.39, 0.29) is 12.1 Å². The van der Waals surface area contributed by atoms with E-state index < -0.39 is 23.2 Å². The highest BCUT2D eigenvalue weighted by atomic mass is 32.2. The smallest absolute Gasteiger partial charge is 0.114 e. The molecule has 1 saturated heterocycles. The van der Waals surface area contributed by atoms with E-state index in [2.05, 4.69) is 5.32 Å². The highest BCUT2D eigenvalue weighted by molar-refractivity contribution is 7.84. The summed E-state index contributed by atoms with van der Waals surface area (Å²) < 4.78 is 30.1. The quantitative estimate of drug-likeness (QED) is 0.915. The van der Waals surface area contributed by atoms with Crippen molar-refractivity contribution in [1.29, 1.82) is 0 Å². The molecule has 0 aliphatic carbocycles. The monoisotopic (exact) mass is 271 g/mol. The van der Waals surface area contributed by atoms with Gasteiger partial charge in [0.15, 0.2) is 0 Å². The molecule has 1 heterocycles. The fraction of sp³-hybridized carbons (Fsp3) is 0.538. The average Bonchev–Trinajstić information content (AvgIpc) is 2.65. The standard InChI is InChI=1S/C13H18FNO2S/c1-13(2)15-11(8-14)12(17-13)9-4-6-10(7-5-9)18(3)16/h4-7,11-12,15H,8H2,1-3H3/t11-,12+,18?/m0/s1. The molecule has 1 aliphatic heterocycles. The Morgan fingerprint density at radius 3 is 2.50 bits per heavy atom. The molecular formula is C13H18FNO2S. The predicted molar refractivity (Wildman–Crippen MR) is 69.6 cm³/mol. The summed E-state index contributed by atoms with van der Waals surface area (Å²) in [4.78, 5) is 0.765. The van der Waals surface area contributed by atoms with E-state index in [0.29, 0.717) is 0 Å². The van der Waals surface area contributed by atoms with Crippen LogP contribution in [0.15, 0.2) is 29.2 Å². The van der Waals surface area contributed by atoms with Gasteiger partial charge in [0.25, 0.3) is 0 Å². The summed E-state index contributed by atoms with van der Waals surface area (Å²) in [6.07, 6.45) is 1.33. The molecule has 1 aromatic carbocycles. The summed E-state index contributed by atoms with van der Waals surface area (Å²) in [5, 5.41) is 3.11. The van der Waals surface area contributed by atoms with Gasteiger partial charge in [-0.25, -0.2) is 4.39 Å². The summed E-state index contributed by atoms with van der Waals surface area (Å²) in [6, 6.07) is 6.98. The van der Waals surface area contributed by atoms with Crippen molar-refractivity contribution in [3.05, 3.63) is 29.8 Å². The third-order valence-electron chi connectivity index (χ3n) is 3.03. The van der Waals surface area contributed by atoms with Crippen LogP contribution in [-0.2, 0) is 15.5 Å². The predicted octanol–water partition coefficient (Wildman–Crippen LogP) is 2.16. The van der Waals surface area contributed by atoms with Gasteiger partial charge in [-0.1, -0.05) is 12.1 Å². The van der Waals surface area contributed by atoms with Crippen molar-refractivity contribution >= 4 is 10.8 Å². The molecule has 0 aromatic heterocycles. The second kappa shape index (κ2) is 5.07. The van der Waals surface area contributed by atoms with Gasteiger partial charge in [-0.05, 0) is 31.5 Å². The topological polar surface area (TPSA) is 38.3 Å². The molecule has 5 heteroatoms. The molecule has 1 unspecified atom stereocenters. The van der Waals surface area contributed by atoms with Gasteiger partial charge in [0.1, 0.15) is 18.5 Å². The molecule has 0 saturated carbocycles. The molecule has 1 N–H and O–H groups in total. The van der Waals surface area contributed by atoms with Crippen LogP contribution < -0.4 is 5.32 Å². The fourth-order valence-corrected chi connectivity index (χ4v) is 2.74. The second-order valence-corrected chi connectivity index (χ2v) is 6.36. The molecule has 100 valence electrons. The lowest BCUT2D eigenvalue weighted by atomic mass is 10.0. The molecule has 1 aliphatic rings. The first kappa shape index (κ1) is 13.6. The molecular weight excluding hydrogens is 253 g/mol. The number of rotatable bonds is 3. The van der Waals surface area contributed by atoms with Crippen LogP contribution in [0.3, 0.4) is 0 Å². The van der Waals surface area contributed by atoms with Crippen LogP contribution in [0.1, 0.15) is 25.5 Å². The summed E-state index contributed by atoms with van der Waals surface area (Å²) in [5.41, 5.74) is 0.387. The largest absolute Gasteiger partial charge is 0.352 e. The number of nitrogens with one attached hydrogen (secondary N) is 1. The van der Waals surface area contributed by atoms with Crippen LogP contribution in [0.5, 0.6) is 0 Å². The molecule has 18 heavy (non-hydrogen) atoms. The van der Waals surface area contributed by atoms with Gasteiger partial charge in [0.05, 0.1) is 6.04 Å². The normalized spacial score (nSPS) is 28.2. The minimum Gasteiger partial charge on any atom is -0.352 e. The van der Waals surface area contributed by atoms with Crippen LogP contribution in [-0.4, -0.2) is 28.9 Å². The Labute approximate surface area is 109 Å². The number of benzene rings is 1. The van der Waals surface area contributed by atoms with E-state index >= 15 is 0 Å². The van der Waals surface area contributed by atoms with Crippen molar-refractivity contribution in [2.45, 2.75) is 36.6 Å². The third-order valence-corrected chi connectivity index (χ3v) is 3.96. The molecule has 2 rings (SSSR count). The van der Waals surface area contributed by atoms with Crippen molar-refractivity contribution < 1.29 is 13.3 Å². The Bertz CT molecular complexity index is 447. The summed E-state index contributed by atoms with van der Waals surface area (Å²) in [5.74, 6) is 0. The lowest BCUT2D eigenvalue weighted by molar-refractivity contribution is -0.0267. The van der Waals surface area contributed by atoms with E-state index in [0.717, 1.165) is 10.5 Å². The molecule has 0 radical (unpaired) electrons. The first-order valence-corrected chi connectivity index (χ1v) is 7.43. The highest BCUT2D eigenvalue weighted by Crippen LogP contribution is 2.33. The van der Waals surface area contributed by atoms with Crippen molar-refractivity contribution in [3.63, 3.8) is 0 Å². The van der Waals surface area contributed by atoms with E-state index in [1.807, 2.05) is 26.0 Å². The average molecular weight is 271 g/mol. The number of halogens is 1. The number of alkyl halides is 1. The summed E-state index contributed by atoms with van der Waals surface area (Å²) >= 11 is 0. The van der Waals surface area contributed by atoms with Crippen LogP contribution in [0.4, 0.5) is 4.39 Å². The maximum atomic E-state index is 13.0. The van der Waals surface area contributed by atoms with E-state index in [4.69, 9.17) is 4.74 Å². The summed E-state index contributed by atoms with van der Waals surface area (Å²) in [6.45, 7) is 3.28. The number of ether oxygens (including phenoxy) is 1. The highest BCUT2D eigenvalue weighted by Gasteiger charge is 2.40. The zero-order valence-electron chi connectivity index (χ0n) is 10.8. The molecule has 0 spiro atoms. The van der Waals surface area contributed by atoms with Crippen LogP contribution >= 0.6 is 0 Å². The zero-order valence-corrected chi connectivity index (χ0v) is 11.6. The number of hydrogen-bond acceptors (Lipinski definition) is 3. The van der Waals surface area contributed by atoms with Crippen LogP contribution in [0, 0.1) is 0 Å². The Balaban J connectivity index is 2.23. The fourth-order valence-electron chi connectivity index (χ4n) is 2.22. The van der Waals surface area contributed by atoms with Crippen molar-refractivity contribution in [2.24, 2.45) is 0 Å². The molecule has 3 atom stereocenters. The van der Waals surface area contributed by atoms with E-state index in [1.54, 1.807) is 18.4 Å². The molecule has 3 nitrogen and oxygen atoms in total. The lowest BCUT2D eigenvalue weighted by Gasteiger charge is -2.18. The van der Waals surface area contributed by atoms with Gasteiger partial charge in [0.2, 0.25) is 0 Å². The van der Waals surface area contributed by atoms with Crippen LogP contribution in [0.25, 0.3) is 0 Å². The Hall–Kier alpha value is -0.780. The van der Waals surface area contributed by atoms with Gasteiger partial charge in [-0.15, -0.1) is 0 Å². The number of hydrogen-bond donors (Lipinski definition) is 1. The molecule has 1 fully saturated rings. The summed E-state index contributed by atoms with van der Waals surface area (Å²) in [7, 11) is -0.995. The SMILES string of the molecule is CS(=O)c1ccc([C@H]2OC(C)(C)N[C@H]2CF)cc1. The van der Waals surface area contributed by atoms with Gasteiger partial charge in [-0.3, -0.25) is 9.53 Å². The molecule has 0 amide bonds. The zero-order chi connectivity index (χ0) is 13.3. The van der Waals surface area contributed by atoms with Gasteiger partial charge in [-0.2, -0.15) is 0 Å². The molecule has 1 aromatic rings. The first-order valence-electron chi connectivity index (χ1n) is 5.88. The van der Waals surface area contributed by atoms with Gasteiger partial charge in [0, 0.05) is 22.0 Å². The van der Waals surface area contributed by atoms with E-state index in [1.165, 1.54) is 0 Å². The minimum absolute atomic E-state index is 0.302. The lowest BCUT2D eigenvalue weighted by Crippen LogP contribution is -2.39. The Kier molecular flexibility index (Phi) is 3.84. The molecule has 0 bridgehead atoms. The Morgan fingerprint density at radius 1 is 1.39 bits per heavy atom. The van der Waals surface area contributed by atoms with E-state index in [9.17, 15) is 8.60 Å². The van der Waals surface area contributed by atoms with Crippen molar-refractivity contribution in [3.8, 4) is 0 Å². The van der Waals surface area contributed by atoms with Gasteiger partial charge >= 0.3 is 0 Å². The maximum absolute atomic E-state index is 13.0. The first-order chi connectivity index (χ1) is 8.43. The Morgan fingerprint density at radius 2 is 2.00 bits per heavy atom. The van der Waals surface area contributed by atoms with Crippen molar-refractivity contribution in [1.82, 2.24) is 5.32 Å². The van der Waals surface area contributed by atoms with Gasteiger partial charge < -0.3 is 4.74 Å². The minimum atomic E-state index is -0.995. The third kappa shape index (κ3) is 2.79. The maximum Gasteiger partial charge on any atom is 0.114 e. The van der Waals surface area contributed by atoms with Crippen LogP contribution in [0.2, 0.25) is 0 Å². The van der Waals surface area contributed by atoms with Crippen molar-refractivity contribution in [2.75, 3.05) is 12.9 Å².